The fourth-order valence-electron chi connectivity index (χ4n) is 2.87. The smallest absolute Gasteiger partial charge is 0.247 e. The second-order valence-corrected chi connectivity index (χ2v) is 5.64. The molecule has 2 heterocycles. The lowest BCUT2D eigenvalue weighted by Crippen LogP contribution is -2.45. The van der Waals surface area contributed by atoms with Gasteiger partial charge in [0.2, 0.25) is 11.8 Å². The summed E-state index contributed by atoms with van der Waals surface area (Å²) in [5.41, 5.74) is 0. The number of likely N-dealkylation sites (tertiary alicyclic amines) is 2. The molecule has 0 aliphatic carbocycles. The van der Waals surface area contributed by atoms with Crippen LogP contribution < -0.4 is 5.32 Å². The first-order valence-electron chi connectivity index (χ1n) is 6.80. The first kappa shape index (κ1) is 13.5. The van der Waals surface area contributed by atoms with Crippen molar-refractivity contribution in [2.24, 2.45) is 0 Å². The average molecular weight is 253 g/mol. The standard InChI is InChI=1S/C13H23N3O2/c1-9(2)16-12(17)7-11(13(16)18)14-8-10-5-4-6-15(10)3/h9-11,14H,4-8H2,1-3H3. The quantitative estimate of drug-likeness (QED) is 0.728. The van der Waals surface area contributed by atoms with Gasteiger partial charge in [-0.1, -0.05) is 0 Å². The number of hydrogen-bond donors (Lipinski definition) is 1. The van der Waals surface area contributed by atoms with E-state index in [-0.39, 0.29) is 23.9 Å². The van der Waals surface area contributed by atoms with Crippen LogP contribution in [-0.4, -0.2) is 59.9 Å². The second kappa shape index (κ2) is 5.36. The number of rotatable bonds is 4. The van der Waals surface area contributed by atoms with Gasteiger partial charge in [-0.15, -0.1) is 0 Å². The molecule has 0 aromatic rings. The zero-order valence-electron chi connectivity index (χ0n) is 11.5. The molecule has 0 saturated carbocycles. The molecule has 0 aromatic carbocycles. The van der Waals surface area contributed by atoms with Crippen molar-refractivity contribution in [1.82, 2.24) is 15.1 Å². The molecule has 2 atom stereocenters. The predicted octanol–water partition coefficient (Wildman–Crippen LogP) is 0.206. The second-order valence-electron chi connectivity index (χ2n) is 5.64. The third-order valence-corrected chi connectivity index (χ3v) is 3.97. The Morgan fingerprint density at radius 2 is 2.11 bits per heavy atom. The third kappa shape index (κ3) is 2.57. The van der Waals surface area contributed by atoms with Crippen molar-refractivity contribution in [3.05, 3.63) is 0 Å². The lowest BCUT2D eigenvalue weighted by molar-refractivity contribution is -0.140. The number of nitrogens with zero attached hydrogens (tertiary/aromatic N) is 2. The van der Waals surface area contributed by atoms with Crippen LogP contribution in [0.3, 0.4) is 0 Å². The molecule has 2 saturated heterocycles. The van der Waals surface area contributed by atoms with Gasteiger partial charge in [0.15, 0.2) is 0 Å². The highest BCUT2D eigenvalue weighted by atomic mass is 16.2. The van der Waals surface area contributed by atoms with Gasteiger partial charge in [0.25, 0.3) is 0 Å². The van der Waals surface area contributed by atoms with Gasteiger partial charge in [0.1, 0.15) is 0 Å². The minimum atomic E-state index is -0.311. The van der Waals surface area contributed by atoms with E-state index in [2.05, 4.69) is 17.3 Å². The Hall–Kier alpha value is -0.940. The van der Waals surface area contributed by atoms with Crippen LogP contribution in [0.5, 0.6) is 0 Å². The summed E-state index contributed by atoms with van der Waals surface area (Å²) in [4.78, 5) is 27.5. The molecule has 0 aromatic heterocycles. The number of likely N-dealkylation sites (N-methyl/N-ethyl adjacent to an activating group) is 1. The van der Waals surface area contributed by atoms with Gasteiger partial charge >= 0.3 is 0 Å². The molecule has 2 rings (SSSR count). The molecular weight excluding hydrogens is 230 g/mol. The normalized spacial score (nSPS) is 29.9. The molecule has 2 unspecified atom stereocenters. The summed E-state index contributed by atoms with van der Waals surface area (Å²) in [6.07, 6.45) is 2.71. The van der Waals surface area contributed by atoms with Crippen LogP contribution in [0.4, 0.5) is 0 Å². The average Bonchev–Trinajstić information content (AvgIpc) is 2.80. The van der Waals surface area contributed by atoms with E-state index in [9.17, 15) is 9.59 Å². The molecule has 1 N–H and O–H groups in total. The Morgan fingerprint density at radius 1 is 1.39 bits per heavy atom. The summed E-state index contributed by atoms with van der Waals surface area (Å²) in [6, 6.07) is 0.154. The molecule has 5 heteroatoms. The van der Waals surface area contributed by atoms with E-state index in [1.54, 1.807) is 0 Å². The van der Waals surface area contributed by atoms with E-state index < -0.39 is 0 Å². The first-order chi connectivity index (χ1) is 8.50. The Morgan fingerprint density at radius 3 is 2.61 bits per heavy atom. The number of amides is 2. The number of nitrogens with one attached hydrogen (secondary N) is 1. The van der Waals surface area contributed by atoms with Crippen molar-refractivity contribution in [1.29, 1.82) is 0 Å². The topological polar surface area (TPSA) is 52.7 Å². The Kier molecular flexibility index (Phi) is 4.02. The van der Waals surface area contributed by atoms with Crippen LogP contribution in [0.15, 0.2) is 0 Å². The largest absolute Gasteiger partial charge is 0.304 e. The number of carbonyl (C=O) groups excluding carboxylic acids is 2. The van der Waals surface area contributed by atoms with Crippen molar-refractivity contribution in [2.45, 2.75) is 51.2 Å². The summed E-state index contributed by atoms with van der Waals surface area (Å²) in [6.45, 7) is 5.68. The van der Waals surface area contributed by atoms with E-state index in [0.29, 0.717) is 12.5 Å². The number of imide groups is 1. The lowest BCUT2D eigenvalue weighted by atomic mass is 10.2. The highest BCUT2D eigenvalue weighted by Gasteiger charge is 2.40. The SMILES string of the molecule is CC(C)N1C(=O)CC(NCC2CCCN2C)C1=O. The van der Waals surface area contributed by atoms with Gasteiger partial charge in [-0.3, -0.25) is 14.5 Å². The summed E-state index contributed by atoms with van der Waals surface area (Å²) < 4.78 is 0. The fourth-order valence-corrected chi connectivity index (χ4v) is 2.87. The number of hydrogen-bond acceptors (Lipinski definition) is 4. The molecule has 0 radical (unpaired) electrons. The highest BCUT2D eigenvalue weighted by Crippen LogP contribution is 2.18. The molecule has 5 nitrogen and oxygen atoms in total. The maximum absolute atomic E-state index is 12.1. The van der Waals surface area contributed by atoms with Crippen molar-refractivity contribution in [3.63, 3.8) is 0 Å². The maximum Gasteiger partial charge on any atom is 0.247 e. The minimum Gasteiger partial charge on any atom is -0.304 e. The van der Waals surface area contributed by atoms with Gasteiger partial charge in [-0.25, -0.2) is 0 Å². The van der Waals surface area contributed by atoms with Gasteiger partial charge in [0, 0.05) is 18.6 Å². The minimum absolute atomic E-state index is 0.0362. The maximum atomic E-state index is 12.1. The summed E-state index contributed by atoms with van der Waals surface area (Å²) in [5.74, 6) is -0.108. The van der Waals surface area contributed by atoms with Crippen LogP contribution in [0.1, 0.15) is 33.1 Å². The molecule has 2 aliphatic heterocycles. The van der Waals surface area contributed by atoms with Crippen LogP contribution >= 0.6 is 0 Å². The Bertz CT molecular complexity index is 343. The summed E-state index contributed by atoms with van der Waals surface area (Å²) in [7, 11) is 2.11. The van der Waals surface area contributed by atoms with Gasteiger partial charge < -0.3 is 10.2 Å². The Labute approximate surface area is 108 Å². The first-order valence-corrected chi connectivity index (χ1v) is 6.80. The molecule has 18 heavy (non-hydrogen) atoms. The fraction of sp³-hybridized carbons (Fsp3) is 0.846. The van der Waals surface area contributed by atoms with E-state index in [1.165, 1.54) is 17.7 Å². The van der Waals surface area contributed by atoms with Gasteiger partial charge in [-0.05, 0) is 40.3 Å². The number of carbonyl (C=O) groups is 2. The molecule has 2 aliphatic rings. The summed E-state index contributed by atoms with van der Waals surface area (Å²) in [5, 5.41) is 3.27. The van der Waals surface area contributed by atoms with Crippen LogP contribution in [0, 0.1) is 0 Å². The van der Waals surface area contributed by atoms with E-state index in [1.807, 2.05) is 13.8 Å². The molecule has 2 fully saturated rings. The van der Waals surface area contributed by atoms with E-state index >= 15 is 0 Å². The zero-order valence-corrected chi connectivity index (χ0v) is 11.5. The van der Waals surface area contributed by atoms with E-state index in [4.69, 9.17) is 0 Å². The van der Waals surface area contributed by atoms with Crippen LogP contribution in [0.25, 0.3) is 0 Å². The molecule has 0 spiro atoms. The lowest BCUT2D eigenvalue weighted by Gasteiger charge is -2.22. The van der Waals surface area contributed by atoms with Crippen LogP contribution in [-0.2, 0) is 9.59 Å². The predicted molar refractivity (Wildman–Crippen MR) is 69.0 cm³/mol. The van der Waals surface area contributed by atoms with Gasteiger partial charge in [-0.2, -0.15) is 0 Å². The molecular formula is C13H23N3O2. The highest BCUT2D eigenvalue weighted by molar-refractivity contribution is 6.05. The third-order valence-electron chi connectivity index (χ3n) is 3.97. The zero-order chi connectivity index (χ0) is 13.3. The van der Waals surface area contributed by atoms with E-state index in [0.717, 1.165) is 13.1 Å². The Balaban J connectivity index is 1.87. The van der Waals surface area contributed by atoms with Gasteiger partial charge in [0.05, 0.1) is 12.5 Å². The monoisotopic (exact) mass is 253 g/mol. The van der Waals surface area contributed by atoms with Crippen molar-refractivity contribution >= 4 is 11.8 Å². The van der Waals surface area contributed by atoms with Crippen molar-refractivity contribution in [2.75, 3.05) is 20.1 Å². The molecule has 102 valence electrons. The molecule has 2 amide bonds. The van der Waals surface area contributed by atoms with Crippen molar-refractivity contribution < 1.29 is 9.59 Å². The summed E-state index contributed by atoms with van der Waals surface area (Å²) >= 11 is 0. The van der Waals surface area contributed by atoms with Crippen molar-refractivity contribution in [3.8, 4) is 0 Å². The van der Waals surface area contributed by atoms with Crippen LogP contribution in [0.2, 0.25) is 0 Å². The molecule has 0 bridgehead atoms.